The minimum absolute atomic E-state index is 0.00696. The number of fused-ring (bicyclic) bond motifs is 1. The molecule has 1 amide bonds. The van der Waals surface area contributed by atoms with Crippen molar-refractivity contribution in [3.8, 4) is 11.5 Å². The molecule has 4 saturated carbocycles. The van der Waals surface area contributed by atoms with Gasteiger partial charge >= 0.3 is 0 Å². The third kappa shape index (κ3) is 5.62. The highest BCUT2D eigenvalue weighted by molar-refractivity contribution is 6.84. The van der Waals surface area contributed by atoms with Crippen molar-refractivity contribution in [3.63, 3.8) is 0 Å². The molecular formula is C35H45FN2OSi. The van der Waals surface area contributed by atoms with Gasteiger partial charge in [0.15, 0.2) is 0 Å². The Morgan fingerprint density at radius 2 is 1.68 bits per heavy atom. The summed E-state index contributed by atoms with van der Waals surface area (Å²) in [4.78, 5) is 15.9. The molecule has 5 heteroatoms. The molecular weight excluding hydrogens is 511 g/mol. The number of halogens is 1. The van der Waals surface area contributed by atoms with Crippen molar-refractivity contribution >= 4 is 19.7 Å². The maximum absolute atomic E-state index is 14.4. The summed E-state index contributed by atoms with van der Waals surface area (Å²) in [5.74, 6) is 5.44. The number of hydrogen-bond donors (Lipinski definition) is 1. The topological polar surface area (TPSA) is 32.3 Å². The van der Waals surface area contributed by atoms with Crippen LogP contribution >= 0.6 is 0 Å². The van der Waals surface area contributed by atoms with Crippen LogP contribution < -0.4 is 5.32 Å². The summed E-state index contributed by atoms with van der Waals surface area (Å²) in [6.45, 7) is 8.69. The highest BCUT2D eigenvalue weighted by Crippen LogP contribution is 2.56. The van der Waals surface area contributed by atoms with E-state index in [1.807, 2.05) is 11.0 Å². The number of benzene rings is 2. The van der Waals surface area contributed by atoms with Crippen LogP contribution in [0, 0.1) is 35.0 Å². The summed E-state index contributed by atoms with van der Waals surface area (Å²) < 4.78 is 14.4. The van der Waals surface area contributed by atoms with Crippen molar-refractivity contribution in [1.82, 2.24) is 4.90 Å². The average molecular weight is 557 g/mol. The maximum atomic E-state index is 14.4. The summed E-state index contributed by atoms with van der Waals surface area (Å²) in [5.41, 5.74) is 7.87. The molecule has 0 spiro atoms. The molecule has 1 aliphatic heterocycles. The molecule has 4 aliphatic carbocycles. The van der Waals surface area contributed by atoms with Crippen LogP contribution in [0.25, 0.3) is 0 Å². The van der Waals surface area contributed by atoms with Gasteiger partial charge in [-0.15, -0.1) is 5.54 Å². The van der Waals surface area contributed by atoms with Gasteiger partial charge in [0.1, 0.15) is 13.9 Å². The largest absolute Gasteiger partial charge is 0.380 e. The van der Waals surface area contributed by atoms with Gasteiger partial charge in [0.2, 0.25) is 0 Å². The Morgan fingerprint density at radius 1 is 1.02 bits per heavy atom. The molecule has 4 fully saturated rings. The van der Waals surface area contributed by atoms with Crippen molar-refractivity contribution in [1.29, 1.82) is 0 Å². The zero-order valence-corrected chi connectivity index (χ0v) is 25.7. The van der Waals surface area contributed by atoms with Crippen molar-refractivity contribution in [2.24, 2.45) is 17.8 Å². The summed E-state index contributed by atoms with van der Waals surface area (Å²) in [5, 5.41) is 4.00. The van der Waals surface area contributed by atoms with E-state index in [1.165, 1.54) is 50.3 Å². The molecule has 0 aromatic heterocycles. The van der Waals surface area contributed by atoms with Gasteiger partial charge in [-0.05, 0) is 116 Å². The lowest BCUT2D eigenvalue weighted by Crippen LogP contribution is -2.54. The zero-order chi connectivity index (χ0) is 28.1. The van der Waals surface area contributed by atoms with E-state index in [0.717, 1.165) is 53.7 Å². The lowest BCUT2D eigenvalue weighted by molar-refractivity contribution is -0.130. The first-order chi connectivity index (χ1) is 19.1. The number of nitrogens with zero attached hydrogens (tertiary/aromatic N) is 1. The first-order valence-corrected chi connectivity index (χ1v) is 19.1. The van der Waals surface area contributed by atoms with Crippen LogP contribution in [-0.4, -0.2) is 30.5 Å². The molecule has 2 aromatic rings. The Balaban J connectivity index is 1.34. The summed E-state index contributed by atoms with van der Waals surface area (Å²) >= 11 is 0. The van der Waals surface area contributed by atoms with Crippen LogP contribution in [0.3, 0.4) is 0 Å². The third-order valence-electron chi connectivity index (χ3n) is 9.87. The third-order valence-corrected chi connectivity index (χ3v) is 10.7. The molecule has 7 rings (SSSR count). The molecule has 1 heterocycles. The fourth-order valence-corrected chi connectivity index (χ4v) is 9.14. The fourth-order valence-electron chi connectivity index (χ4n) is 8.66. The molecule has 2 atom stereocenters. The minimum atomic E-state index is -1.72. The second-order valence-corrected chi connectivity index (χ2v) is 19.2. The molecule has 3 nitrogen and oxygen atoms in total. The number of anilines is 1. The molecule has 0 unspecified atom stereocenters. The van der Waals surface area contributed by atoms with Crippen molar-refractivity contribution in [3.05, 3.63) is 65.0 Å². The normalized spacial score (nSPS) is 30.4. The second kappa shape index (κ2) is 10.7. The number of hydrogen-bond acceptors (Lipinski definition) is 2. The lowest BCUT2D eigenvalue weighted by Gasteiger charge is -2.57. The predicted octanol–water partition coefficient (Wildman–Crippen LogP) is 8.12. The quantitative estimate of drug-likeness (QED) is 0.288. The minimum Gasteiger partial charge on any atom is -0.380 e. The zero-order valence-electron chi connectivity index (χ0n) is 24.7. The SMILES string of the molecule is CCCC[C@H]1Cc2cc(F)ccc2[C@@H](c2ccc(NC34CC5CC(CC(C5)C3)C4)cc2)N1C(=O)C#C[Si](C)(C)C. The predicted molar refractivity (Wildman–Crippen MR) is 164 cm³/mol. The van der Waals surface area contributed by atoms with E-state index in [-0.39, 0.29) is 29.3 Å². The van der Waals surface area contributed by atoms with E-state index in [4.69, 9.17) is 0 Å². The average Bonchev–Trinajstić information content (AvgIpc) is 2.88. The maximum Gasteiger partial charge on any atom is 0.298 e. The van der Waals surface area contributed by atoms with Gasteiger partial charge in [0, 0.05) is 17.3 Å². The van der Waals surface area contributed by atoms with E-state index in [9.17, 15) is 9.18 Å². The molecule has 212 valence electrons. The Bertz CT molecular complexity index is 1280. The monoisotopic (exact) mass is 556 g/mol. The number of rotatable bonds is 6. The fraction of sp³-hybridized carbons (Fsp3) is 0.571. The molecule has 2 aromatic carbocycles. The first kappa shape index (κ1) is 27.6. The molecule has 1 N–H and O–H groups in total. The highest BCUT2D eigenvalue weighted by atomic mass is 28.3. The van der Waals surface area contributed by atoms with Gasteiger partial charge < -0.3 is 10.2 Å². The number of amides is 1. The van der Waals surface area contributed by atoms with Gasteiger partial charge in [0.05, 0.1) is 6.04 Å². The molecule has 4 bridgehead atoms. The van der Waals surface area contributed by atoms with Gasteiger partial charge in [-0.25, -0.2) is 4.39 Å². The van der Waals surface area contributed by atoms with Crippen molar-refractivity contribution in [2.75, 3.05) is 5.32 Å². The first-order valence-electron chi connectivity index (χ1n) is 15.6. The van der Waals surface area contributed by atoms with Crippen molar-refractivity contribution in [2.45, 2.75) is 108 Å². The van der Waals surface area contributed by atoms with E-state index in [0.29, 0.717) is 6.42 Å². The molecule has 0 saturated heterocycles. The standard InChI is InChI=1S/C35H45FN2OSi/c1-5-6-7-31-20-28-19-29(36)10-13-32(28)34(38(31)33(39)14-15-40(2,3)4)27-8-11-30(12-9-27)37-35-21-24-16-25(22-35)18-26(17-24)23-35/h8-13,19,24-26,31,34,37H,5-7,16-18,20-23H2,1-4H3/t24?,25?,26?,31-,34+,35?/m0/s1. The van der Waals surface area contributed by atoms with Crippen molar-refractivity contribution < 1.29 is 9.18 Å². The van der Waals surface area contributed by atoms with E-state index >= 15 is 0 Å². The second-order valence-electron chi connectivity index (χ2n) is 14.4. The van der Waals surface area contributed by atoms with Gasteiger partial charge in [0.25, 0.3) is 5.91 Å². The Hall–Kier alpha value is -2.58. The number of unbranched alkanes of at least 4 members (excludes halogenated alkanes) is 1. The van der Waals surface area contributed by atoms with Crippen LogP contribution in [-0.2, 0) is 11.2 Å². The number of nitrogens with one attached hydrogen (secondary N) is 1. The smallest absolute Gasteiger partial charge is 0.298 e. The summed E-state index contributed by atoms with van der Waals surface area (Å²) in [6, 6.07) is 13.7. The Labute approximate surface area is 241 Å². The lowest BCUT2D eigenvalue weighted by atomic mass is 9.53. The van der Waals surface area contributed by atoms with Crippen LogP contribution in [0.2, 0.25) is 19.6 Å². The van der Waals surface area contributed by atoms with Gasteiger partial charge in [-0.2, -0.15) is 0 Å². The Morgan fingerprint density at radius 3 is 2.27 bits per heavy atom. The van der Waals surface area contributed by atoms with Gasteiger partial charge in [-0.3, -0.25) is 4.79 Å². The number of carbonyl (C=O) groups excluding carboxylic acids is 1. The summed E-state index contributed by atoms with van der Waals surface area (Å²) in [6.07, 6.45) is 11.9. The number of carbonyl (C=O) groups is 1. The highest BCUT2D eigenvalue weighted by Gasteiger charge is 2.51. The molecule has 0 radical (unpaired) electrons. The van der Waals surface area contributed by atoms with Crippen LogP contribution in [0.4, 0.5) is 10.1 Å². The van der Waals surface area contributed by atoms with Gasteiger partial charge in [-0.1, -0.05) is 57.6 Å². The summed E-state index contributed by atoms with van der Waals surface area (Å²) in [7, 11) is -1.72. The molecule has 40 heavy (non-hydrogen) atoms. The van der Waals surface area contributed by atoms with E-state index in [2.05, 4.69) is 67.6 Å². The van der Waals surface area contributed by atoms with Crippen LogP contribution in [0.5, 0.6) is 0 Å². The van der Waals surface area contributed by atoms with E-state index < -0.39 is 8.07 Å². The Kier molecular flexibility index (Phi) is 7.36. The van der Waals surface area contributed by atoms with Crippen LogP contribution in [0.15, 0.2) is 42.5 Å². The van der Waals surface area contributed by atoms with Crippen LogP contribution in [0.1, 0.15) is 87.4 Å². The molecule has 5 aliphatic rings. The van der Waals surface area contributed by atoms with E-state index in [1.54, 1.807) is 6.07 Å².